The van der Waals surface area contributed by atoms with Crippen molar-refractivity contribution < 1.29 is 35.1 Å². The summed E-state index contributed by atoms with van der Waals surface area (Å²) in [4.78, 5) is 11.0. The Balaban J connectivity index is 2.97. The van der Waals surface area contributed by atoms with Crippen molar-refractivity contribution in [3.05, 3.63) is 0 Å². The van der Waals surface area contributed by atoms with E-state index < -0.39 is 42.6 Å². The number of Topliss-reactive ketones (excluding diaryl/α,β-unsaturated/α-hetero) is 1. The second-order valence-electron chi connectivity index (χ2n) is 3.52. The van der Waals surface area contributed by atoms with E-state index in [1.807, 2.05) is 0 Å². The Hall–Kier alpha value is -0.570. The van der Waals surface area contributed by atoms with Gasteiger partial charge < -0.3 is 30.3 Å². The Bertz CT molecular complexity index is 253. The van der Waals surface area contributed by atoms with Crippen LogP contribution in [0.3, 0.4) is 0 Å². The molecular formula is C8H14O7. The highest BCUT2D eigenvalue weighted by atomic mass is 16.7. The fourth-order valence-corrected chi connectivity index (χ4v) is 1.44. The van der Waals surface area contributed by atoms with Gasteiger partial charge in [0.1, 0.15) is 24.4 Å². The lowest BCUT2D eigenvalue weighted by atomic mass is 9.90. The van der Waals surface area contributed by atoms with Crippen molar-refractivity contribution >= 4 is 5.78 Å². The quantitative estimate of drug-likeness (QED) is 0.332. The van der Waals surface area contributed by atoms with E-state index in [4.69, 9.17) is 5.11 Å². The standard InChI is InChI=1S/C8H14O7/c1-3(10)8(14)7(13)6(12)5(11)4(2-9)15-8/h4-7,9,11-14H,2H2,1H3/t4-,5+,6+,7-,8+/m1/s1. The van der Waals surface area contributed by atoms with Gasteiger partial charge in [-0.3, -0.25) is 4.79 Å². The summed E-state index contributed by atoms with van der Waals surface area (Å²) in [6.45, 7) is 0.266. The van der Waals surface area contributed by atoms with Crippen molar-refractivity contribution in [1.29, 1.82) is 0 Å². The molecule has 1 saturated heterocycles. The van der Waals surface area contributed by atoms with Crippen LogP contribution in [0.25, 0.3) is 0 Å². The molecule has 15 heavy (non-hydrogen) atoms. The Labute approximate surface area is 85.5 Å². The van der Waals surface area contributed by atoms with Gasteiger partial charge in [0.15, 0.2) is 5.78 Å². The molecule has 0 radical (unpaired) electrons. The number of hydrogen-bond acceptors (Lipinski definition) is 7. The summed E-state index contributed by atoms with van der Waals surface area (Å²) in [5, 5.41) is 46.4. The number of rotatable bonds is 2. The molecule has 7 heteroatoms. The lowest BCUT2D eigenvalue weighted by molar-refractivity contribution is -0.330. The molecule has 1 heterocycles. The lowest BCUT2D eigenvalue weighted by Gasteiger charge is -2.43. The lowest BCUT2D eigenvalue weighted by Crippen LogP contribution is -2.67. The normalized spacial score (nSPS) is 46.5. The number of carbonyl (C=O) groups is 1. The number of aliphatic hydroxyl groups is 5. The van der Waals surface area contributed by atoms with Gasteiger partial charge in [0, 0.05) is 6.92 Å². The summed E-state index contributed by atoms with van der Waals surface area (Å²) in [5.41, 5.74) is 0. The Kier molecular flexibility index (Phi) is 3.44. The van der Waals surface area contributed by atoms with Gasteiger partial charge in [-0.1, -0.05) is 0 Å². The van der Waals surface area contributed by atoms with Crippen LogP contribution < -0.4 is 0 Å². The summed E-state index contributed by atoms with van der Waals surface area (Å²) in [5.74, 6) is -3.51. The van der Waals surface area contributed by atoms with Crippen LogP contribution in [0.1, 0.15) is 6.92 Å². The van der Waals surface area contributed by atoms with Gasteiger partial charge in [0.25, 0.3) is 5.79 Å². The summed E-state index contributed by atoms with van der Waals surface area (Å²) < 4.78 is 4.68. The van der Waals surface area contributed by atoms with Crippen molar-refractivity contribution in [2.75, 3.05) is 6.61 Å². The number of aliphatic hydroxyl groups excluding tert-OH is 4. The maximum Gasteiger partial charge on any atom is 0.256 e. The van der Waals surface area contributed by atoms with E-state index in [0.717, 1.165) is 6.92 Å². The van der Waals surface area contributed by atoms with E-state index in [1.54, 1.807) is 0 Å². The monoisotopic (exact) mass is 222 g/mol. The Morgan fingerprint density at radius 3 is 2.27 bits per heavy atom. The molecule has 1 fully saturated rings. The first kappa shape index (κ1) is 12.5. The minimum atomic E-state index is -2.59. The molecule has 5 N–H and O–H groups in total. The third kappa shape index (κ3) is 1.89. The van der Waals surface area contributed by atoms with Crippen LogP contribution >= 0.6 is 0 Å². The second kappa shape index (κ2) is 4.12. The largest absolute Gasteiger partial charge is 0.394 e. The summed E-state index contributed by atoms with van der Waals surface area (Å²) in [6, 6.07) is 0. The molecule has 7 nitrogen and oxygen atoms in total. The maximum absolute atomic E-state index is 11.0. The van der Waals surface area contributed by atoms with Crippen molar-refractivity contribution in [2.45, 2.75) is 37.1 Å². The molecule has 0 unspecified atom stereocenters. The molecule has 1 aliphatic rings. The number of carbonyl (C=O) groups excluding carboxylic acids is 1. The maximum atomic E-state index is 11.0. The zero-order valence-electron chi connectivity index (χ0n) is 8.07. The van der Waals surface area contributed by atoms with E-state index in [-0.39, 0.29) is 0 Å². The van der Waals surface area contributed by atoms with Gasteiger partial charge >= 0.3 is 0 Å². The molecule has 5 atom stereocenters. The van der Waals surface area contributed by atoms with Gasteiger partial charge in [-0.05, 0) is 0 Å². The van der Waals surface area contributed by atoms with Gasteiger partial charge in [-0.25, -0.2) is 0 Å². The van der Waals surface area contributed by atoms with E-state index in [1.165, 1.54) is 0 Å². The smallest absolute Gasteiger partial charge is 0.256 e. The van der Waals surface area contributed by atoms with Gasteiger partial charge in [0.05, 0.1) is 6.61 Å². The van der Waals surface area contributed by atoms with Crippen LogP contribution in [0.2, 0.25) is 0 Å². The SMILES string of the molecule is CC(=O)[C@]1(O)O[C@H](CO)[C@H](O)[C@H](O)[C@H]1O. The minimum Gasteiger partial charge on any atom is -0.394 e. The average molecular weight is 222 g/mol. The second-order valence-corrected chi connectivity index (χ2v) is 3.52. The number of ketones is 1. The Morgan fingerprint density at radius 1 is 1.33 bits per heavy atom. The Morgan fingerprint density at radius 2 is 1.87 bits per heavy atom. The summed E-state index contributed by atoms with van der Waals surface area (Å²) in [7, 11) is 0. The fraction of sp³-hybridized carbons (Fsp3) is 0.875. The molecule has 0 saturated carbocycles. The zero-order chi connectivity index (χ0) is 11.8. The number of ether oxygens (including phenoxy) is 1. The first-order valence-electron chi connectivity index (χ1n) is 4.41. The zero-order valence-corrected chi connectivity index (χ0v) is 8.07. The molecule has 0 spiro atoms. The molecule has 0 aromatic rings. The van der Waals surface area contributed by atoms with Crippen molar-refractivity contribution in [3.8, 4) is 0 Å². The highest BCUT2D eigenvalue weighted by Gasteiger charge is 2.55. The predicted octanol–water partition coefficient (Wildman–Crippen LogP) is -3.26. The minimum absolute atomic E-state index is 0.694. The fourth-order valence-electron chi connectivity index (χ4n) is 1.44. The summed E-state index contributed by atoms with van der Waals surface area (Å²) in [6.07, 6.45) is -6.60. The highest BCUT2D eigenvalue weighted by Crippen LogP contribution is 2.28. The molecule has 0 amide bonds. The van der Waals surface area contributed by atoms with E-state index in [0.29, 0.717) is 0 Å². The third-order valence-corrected chi connectivity index (χ3v) is 2.47. The van der Waals surface area contributed by atoms with Crippen molar-refractivity contribution in [1.82, 2.24) is 0 Å². The van der Waals surface area contributed by atoms with Gasteiger partial charge in [-0.2, -0.15) is 0 Å². The van der Waals surface area contributed by atoms with Crippen molar-refractivity contribution in [2.24, 2.45) is 0 Å². The van der Waals surface area contributed by atoms with Crippen LogP contribution in [0, 0.1) is 0 Å². The van der Waals surface area contributed by atoms with E-state index >= 15 is 0 Å². The number of hydrogen-bond donors (Lipinski definition) is 5. The van der Waals surface area contributed by atoms with Gasteiger partial charge in [0.2, 0.25) is 0 Å². The molecule has 0 aromatic heterocycles. The molecule has 0 aliphatic carbocycles. The topological polar surface area (TPSA) is 127 Å². The van der Waals surface area contributed by atoms with Crippen LogP contribution in [-0.4, -0.2) is 68.1 Å². The third-order valence-electron chi connectivity index (χ3n) is 2.47. The van der Waals surface area contributed by atoms with Crippen LogP contribution in [0.15, 0.2) is 0 Å². The van der Waals surface area contributed by atoms with E-state index in [2.05, 4.69) is 4.74 Å². The van der Waals surface area contributed by atoms with Crippen molar-refractivity contribution in [3.63, 3.8) is 0 Å². The van der Waals surface area contributed by atoms with Crippen LogP contribution in [0.4, 0.5) is 0 Å². The molecule has 0 bridgehead atoms. The van der Waals surface area contributed by atoms with Crippen LogP contribution in [0.5, 0.6) is 0 Å². The first-order valence-corrected chi connectivity index (χ1v) is 4.41. The molecule has 1 aliphatic heterocycles. The molecule has 0 aromatic carbocycles. The molecular weight excluding hydrogens is 208 g/mol. The predicted molar refractivity (Wildman–Crippen MR) is 45.6 cm³/mol. The average Bonchev–Trinajstić information content (AvgIpc) is 2.20. The first-order chi connectivity index (χ1) is 6.84. The molecule has 88 valence electrons. The van der Waals surface area contributed by atoms with Gasteiger partial charge in [-0.15, -0.1) is 0 Å². The van der Waals surface area contributed by atoms with E-state index in [9.17, 15) is 25.2 Å². The molecule has 1 rings (SSSR count). The summed E-state index contributed by atoms with van der Waals surface area (Å²) >= 11 is 0. The van der Waals surface area contributed by atoms with Crippen LogP contribution in [-0.2, 0) is 9.53 Å². The highest BCUT2D eigenvalue weighted by molar-refractivity contribution is 5.84.